The molecule has 2 aromatic carbocycles. The lowest BCUT2D eigenvalue weighted by Crippen LogP contribution is -2.07. The molecule has 0 aliphatic rings. The van der Waals surface area contributed by atoms with E-state index in [0.29, 0.717) is 5.82 Å². The normalized spacial score (nSPS) is 12.1. The monoisotopic (exact) mass is 453 g/mol. The number of nitrogens with zero attached hydrogens (tertiary/aromatic N) is 2. The van der Waals surface area contributed by atoms with Crippen LogP contribution in [0.15, 0.2) is 60.1 Å². The summed E-state index contributed by atoms with van der Waals surface area (Å²) >= 11 is -0.901. The van der Waals surface area contributed by atoms with Crippen LogP contribution in [0.2, 0.25) is 0 Å². The Morgan fingerprint density at radius 1 is 1.10 bits per heavy atom. The second-order valence-electron chi connectivity index (χ2n) is 7.07. The van der Waals surface area contributed by atoms with E-state index in [2.05, 4.69) is 49.0 Å². The smallest absolute Gasteiger partial charge is 0.132 e. The number of fused-ring (bicyclic) bond motifs is 1. The Labute approximate surface area is 187 Å². The average molecular weight is 454 g/mol. The van der Waals surface area contributed by atoms with Crippen LogP contribution in [0.25, 0.3) is 32.3 Å². The first-order chi connectivity index (χ1) is 14.9. The van der Waals surface area contributed by atoms with Crippen LogP contribution >= 0.6 is 11.3 Å². The molecule has 4 rings (SSSR count). The van der Waals surface area contributed by atoms with Crippen molar-refractivity contribution in [3.63, 3.8) is 0 Å². The highest BCUT2D eigenvalue weighted by atomic mass is 32.2. The predicted molar refractivity (Wildman–Crippen MR) is 128 cm³/mol. The highest BCUT2D eigenvalue weighted by Crippen LogP contribution is 2.42. The molecule has 0 aliphatic heterocycles. The lowest BCUT2D eigenvalue weighted by Gasteiger charge is -2.13. The van der Waals surface area contributed by atoms with Crippen LogP contribution in [-0.2, 0) is 15.5 Å². The highest BCUT2D eigenvalue weighted by molar-refractivity contribution is 7.74. The molecule has 0 amide bonds. The molecule has 31 heavy (non-hydrogen) atoms. The van der Waals surface area contributed by atoms with Gasteiger partial charge in [0.05, 0.1) is 11.4 Å². The van der Waals surface area contributed by atoms with Gasteiger partial charge >= 0.3 is 0 Å². The van der Waals surface area contributed by atoms with E-state index in [1.807, 2.05) is 38.4 Å². The second-order valence-corrected chi connectivity index (χ2v) is 8.60. The molecule has 4 aromatic rings. The molecule has 0 saturated carbocycles. The Morgan fingerprint density at radius 2 is 1.74 bits per heavy atom. The van der Waals surface area contributed by atoms with Crippen molar-refractivity contribution in [3.05, 3.63) is 60.1 Å². The summed E-state index contributed by atoms with van der Waals surface area (Å²) in [5.41, 5.74) is 12.3. The first kappa shape index (κ1) is 21.3. The summed E-state index contributed by atoms with van der Waals surface area (Å²) < 4.78 is 26.5. The van der Waals surface area contributed by atoms with E-state index in [4.69, 9.17) is 5.73 Å². The van der Waals surface area contributed by atoms with Gasteiger partial charge in [0.25, 0.3) is 0 Å². The van der Waals surface area contributed by atoms with Crippen LogP contribution in [0.3, 0.4) is 0 Å². The standard InChI is InChI=1S/C22H22N4O3S2/c1-26(2)17-9-5-15(6-10-17)19-12-30-21-18(11-24-22(23)20(19)21)14-3-7-16(8-4-14)25-13-29-31(27)28/h3-12,25H,13H2,1-2H3,(H2,23,24)(H,27,28)/p-1. The van der Waals surface area contributed by atoms with Crippen LogP contribution in [0.1, 0.15) is 0 Å². The molecule has 0 aliphatic carbocycles. The van der Waals surface area contributed by atoms with E-state index < -0.39 is 11.4 Å². The number of hydrogen-bond acceptors (Lipinski definition) is 8. The topological polar surface area (TPSA) is 104 Å². The second kappa shape index (κ2) is 9.03. The number of nitrogens with two attached hydrogens (primary N) is 1. The minimum absolute atomic E-state index is 0.121. The molecule has 7 nitrogen and oxygen atoms in total. The van der Waals surface area contributed by atoms with Crippen molar-refractivity contribution in [3.8, 4) is 22.3 Å². The van der Waals surface area contributed by atoms with Crippen molar-refractivity contribution < 1.29 is 12.9 Å². The van der Waals surface area contributed by atoms with Gasteiger partial charge in [0.2, 0.25) is 0 Å². The molecule has 9 heteroatoms. The van der Waals surface area contributed by atoms with Gasteiger partial charge in [0, 0.05) is 52.9 Å². The molecular formula is C22H21N4O3S2-. The number of hydrogen-bond donors (Lipinski definition) is 2. The number of aromatic nitrogens is 1. The molecule has 1 unspecified atom stereocenters. The number of anilines is 3. The van der Waals surface area contributed by atoms with Gasteiger partial charge in [-0.05, 0) is 40.8 Å². The molecule has 0 spiro atoms. The van der Waals surface area contributed by atoms with Gasteiger partial charge < -0.3 is 20.5 Å². The minimum Gasteiger partial charge on any atom is -0.750 e. The summed E-state index contributed by atoms with van der Waals surface area (Å²) in [5, 5.41) is 5.96. The Morgan fingerprint density at radius 3 is 2.39 bits per heavy atom. The van der Waals surface area contributed by atoms with Gasteiger partial charge in [0.1, 0.15) is 12.5 Å². The molecule has 1 atom stereocenters. The molecule has 0 saturated heterocycles. The summed E-state index contributed by atoms with van der Waals surface area (Å²) in [4.78, 5) is 6.52. The third kappa shape index (κ3) is 4.54. The van der Waals surface area contributed by atoms with Crippen molar-refractivity contribution in [2.75, 3.05) is 36.8 Å². The van der Waals surface area contributed by atoms with Gasteiger partial charge in [-0.15, -0.1) is 11.3 Å². The minimum atomic E-state index is -2.54. The van der Waals surface area contributed by atoms with Crippen molar-refractivity contribution in [1.82, 2.24) is 4.98 Å². The molecule has 0 radical (unpaired) electrons. The molecule has 2 aromatic heterocycles. The zero-order valence-corrected chi connectivity index (χ0v) is 18.6. The fraction of sp³-hybridized carbons (Fsp3) is 0.136. The SMILES string of the molecule is CN(C)c1ccc(-c2csc3c(-c4ccc(NCOS(=O)[O-])cc4)cnc(N)c23)cc1. The van der Waals surface area contributed by atoms with Gasteiger partial charge in [0.15, 0.2) is 0 Å². The molecule has 160 valence electrons. The van der Waals surface area contributed by atoms with Gasteiger partial charge in [-0.2, -0.15) is 0 Å². The Balaban J connectivity index is 1.67. The predicted octanol–water partition coefficient (Wildman–Crippen LogP) is 4.46. The average Bonchev–Trinajstić information content (AvgIpc) is 3.21. The number of benzene rings is 2. The van der Waals surface area contributed by atoms with Crippen molar-refractivity contribution in [1.29, 1.82) is 0 Å². The van der Waals surface area contributed by atoms with Crippen LogP contribution in [0.5, 0.6) is 0 Å². The van der Waals surface area contributed by atoms with Gasteiger partial charge in [-0.3, -0.25) is 4.18 Å². The lowest BCUT2D eigenvalue weighted by molar-refractivity contribution is 0.323. The van der Waals surface area contributed by atoms with E-state index in [1.54, 1.807) is 17.5 Å². The van der Waals surface area contributed by atoms with Crippen molar-refractivity contribution >= 4 is 50.0 Å². The highest BCUT2D eigenvalue weighted by Gasteiger charge is 2.15. The number of nitrogen functional groups attached to an aromatic ring is 1. The van der Waals surface area contributed by atoms with Crippen LogP contribution in [0, 0.1) is 0 Å². The van der Waals surface area contributed by atoms with Crippen LogP contribution in [-0.4, -0.2) is 34.6 Å². The van der Waals surface area contributed by atoms with Crippen molar-refractivity contribution in [2.24, 2.45) is 0 Å². The first-order valence-electron chi connectivity index (χ1n) is 9.44. The summed E-state index contributed by atoms with van der Waals surface area (Å²) in [6.45, 7) is -0.121. The number of thiophene rings is 1. The number of nitrogens with one attached hydrogen (secondary N) is 1. The molecule has 0 fully saturated rings. The Bertz CT molecular complexity index is 1220. The summed E-state index contributed by atoms with van der Waals surface area (Å²) in [5.74, 6) is 0.507. The Kier molecular flexibility index (Phi) is 6.19. The zero-order valence-electron chi connectivity index (χ0n) is 17.0. The summed E-state index contributed by atoms with van der Waals surface area (Å²) in [6, 6.07) is 16.0. The van der Waals surface area contributed by atoms with E-state index in [-0.39, 0.29) is 6.73 Å². The van der Waals surface area contributed by atoms with Gasteiger partial charge in [-0.25, -0.2) is 9.19 Å². The van der Waals surface area contributed by atoms with E-state index in [9.17, 15) is 8.76 Å². The third-order valence-electron chi connectivity index (χ3n) is 4.95. The maximum Gasteiger partial charge on any atom is 0.132 e. The van der Waals surface area contributed by atoms with E-state index in [0.717, 1.165) is 43.7 Å². The fourth-order valence-electron chi connectivity index (χ4n) is 3.35. The summed E-state index contributed by atoms with van der Waals surface area (Å²) in [6.07, 6.45) is 1.79. The molecule has 2 heterocycles. The van der Waals surface area contributed by atoms with Crippen LogP contribution in [0.4, 0.5) is 17.2 Å². The Hall–Kier alpha value is -2.98. The zero-order chi connectivity index (χ0) is 22.0. The fourth-order valence-corrected chi connectivity index (χ4v) is 4.63. The maximum atomic E-state index is 10.5. The van der Waals surface area contributed by atoms with E-state index in [1.165, 1.54) is 0 Å². The van der Waals surface area contributed by atoms with Crippen LogP contribution < -0.4 is 16.0 Å². The summed E-state index contributed by atoms with van der Waals surface area (Å²) in [7, 11) is 4.03. The quantitative estimate of drug-likeness (QED) is 0.314. The first-order valence-corrected chi connectivity index (χ1v) is 11.3. The number of pyridine rings is 1. The van der Waals surface area contributed by atoms with E-state index >= 15 is 0 Å². The largest absolute Gasteiger partial charge is 0.750 e. The maximum absolute atomic E-state index is 10.5. The van der Waals surface area contributed by atoms with Gasteiger partial charge in [-0.1, -0.05) is 24.3 Å². The molecular weight excluding hydrogens is 432 g/mol. The molecule has 0 bridgehead atoms. The van der Waals surface area contributed by atoms with Crippen molar-refractivity contribution in [2.45, 2.75) is 0 Å². The third-order valence-corrected chi connectivity index (χ3v) is 6.27. The molecule has 3 N–H and O–H groups in total. The lowest BCUT2D eigenvalue weighted by atomic mass is 10.0. The number of rotatable bonds is 7.